The first-order valence-electron chi connectivity index (χ1n) is 4.01. The Balaban J connectivity index is 2.53. The molecular formula is C9H10ClNO3. The van der Waals surface area contributed by atoms with Crippen molar-refractivity contribution in [3.05, 3.63) is 24.2 Å². The predicted molar refractivity (Wildman–Crippen MR) is 51.4 cm³/mol. The van der Waals surface area contributed by atoms with Crippen molar-refractivity contribution in [1.82, 2.24) is 4.90 Å². The van der Waals surface area contributed by atoms with E-state index in [4.69, 9.17) is 16.0 Å². The molecule has 0 N–H and O–H groups in total. The Morgan fingerprint density at radius 3 is 2.79 bits per heavy atom. The van der Waals surface area contributed by atoms with Crippen LogP contribution in [0.5, 0.6) is 0 Å². The summed E-state index contributed by atoms with van der Waals surface area (Å²) in [5.41, 5.74) is 0. The number of rotatable bonds is 4. The lowest BCUT2D eigenvalue weighted by Gasteiger charge is -2.13. The van der Waals surface area contributed by atoms with E-state index >= 15 is 0 Å². The molecule has 0 spiro atoms. The molecular weight excluding hydrogens is 206 g/mol. The number of hydrogen-bond acceptors (Lipinski definition) is 3. The van der Waals surface area contributed by atoms with Gasteiger partial charge in [0, 0.05) is 7.05 Å². The van der Waals surface area contributed by atoms with Crippen molar-refractivity contribution in [3.63, 3.8) is 0 Å². The molecule has 4 nitrogen and oxygen atoms in total. The van der Waals surface area contributed by atoms with Gasteiger partial charge in [-0.05, 0) is 12.1 Å². The van der Waals surface area contributed by atoms with Crippen molar-refractivity contribution in [3.8, 4) is 0 Å². The molecule has 0 aromatic carbocycles. The lowest BCUT2D eigenvalue weighted by molar-refractivity contribution is -0.126. The SMILES string of the molecule is CN(CC(=O)c1ccco1)C(=O)CCl. The van der Waals surface area contributed by atoms with Gasteiger partial charge in [0.2, 0.25) is 11.7 Å². The van der Waals surface area contributed by atoms with Crippen LogP contribution in [0, 0.1) is 0 Å². The molecule has 14 heavy (non-hydrogen) atoms. The van der Waals surface area contributed by atoms with Crippen LogP contribution in [0.1, 0.15) is 10.6 Å². The summed E-state index contributed by atoms with van der Waals surface area (Å²) in [4.78, 5) is 23.7. The van der Waals surface area contributed by atoms with Gasteiger partial charge in [0.1, 0.15) is 5.88 Å². The number of carbonyl (C=O) groups is 2. The Hall–Kier alpha value is -1.29. The lowest BCUT2D eigenvalue weighted by Crippen LogP contribution is -2.32. The van der Waals surface area contributed by atoms with Gasteiger partial charge in [-0.2, -0.15) is 0 Å². The zero-order valence-electron chi connectivity index (χ0n) is 7.70. The van der Waals surface area contributed by atoms with E-state index in [9.17, 15) is 9.59 Å². The van der Waals surface area contributed by atoms with Gasteiger partial charge in [-0.3, -0.25) is 9.59 Å². The molecule has 0 aliphatic heterocycles. The Morgan fingerprint density at radius 1 is 1.57 bits per heavy atom. The molecule has 0 bridgehead atoms. The number of hydrogen-bond donors (Lipinski definition) is 0. The summed E-state index contributed by atoms with van der Waals surface area (Å²) in [7, 11) is 1.52. The molecule has 1 heterocycles. The number of alkyl halides is 1. The lowest BCUT2D eigenvalue weighted by atomic mass is 10.3. The van der Waals surface area contributed by atoms with E-state index in [1.807, 2.05) is 0 Å². The molecule has 76 valence electrons. The molecule has 1 aromatic rings. The normalized spacial score (nSPS) is 9.86. The van der Waals surface area contributed by atoms with Gasteiger partial charge in [0.05, 0.1) is 12.8 Å². The zero-order chi connectivity index (χ0) is 10.6. The van der Waals surface area contributed by atoms with E-state index in [2.05, 4.69) is 0 Å². The Labute approximate surface area is 86.4 Å². The molecule has 1 amide bonds. The topological polar surface area (TPSA) is 50.5 Å². The van der Waals surface area contributed by atoms with Crippen molar-refractivity contribution in [2.45, 2.75) is 0 Å². The molecule has 0 saturated heterocycles. The van der Waals surface area contributed by atoms with Gasteiger partial charge in [-0.15, -0.1) is 11.6 Å². The molecule has 0 atom stereocenters. The van der Waals surface area contributed by atoms with Gasteiger partial charge < -0.3 is 9.32 Å². The second kappa shape index (κ2) is 4.81. The van der Waals surface area contributed by atoms with Crippen molar-refractivity contribution >= 4 is 23.3 Å². The maximum atomic E-state index is 11.4. The number of ketones is 1. The van der Waals surface area contributed by atoms with Crippen LogP contribution < -0.4 is 0 Å². The molecule has 5 heteroatoms. The smallest absolute Gasteiger partial charge is 0.237 e. The van der Waals surface area contributed by atoms with Crippen molar-refractivity contribution < 1.29 is 14.0 Å². The highest BCUT2D eigenvalue weighted by Crippen LogP contribution is 2.02. The highest BCUT2D eigenvalue weighted by molar-refractivity contribution is 6.27. The largest absolute Gasteiger partial charge is 0.461 e. The maximum Gasteiger partial charge on any atom is 0.237 e. The van der Waals surface area contributed by atoms with E-state index in [0.29, 0.717) is 0 Å². The second-order valence-electron chi connectivity index (χ2n) is 2.78. The van der Waals surface area contributed by atoms with Crippen molar-refractivity contribution in [2.24, 2.45) is 0 Å². The molecule has 0 radical (unpaired) electrons. The summed E-state index contributed by atoms with van der Waals surface area (Å²) in [6, 6.07) is 3.18. The number of Topliss-reactive ketones (excluding diaryl/α,β-unsaturated/α-hetero) is 1. The Bertz CT molecular complexity index is 321. The average molecular weight is 216 g/mol. The van der Waals surface area contributed by atoms with Crippen LogP contribution in [0.2, 0.25) is 0 Å². The highest BCUT2D eigenvalue weighted by atomic mass is 35.5. The fraction of sp³-hybridized carbons (Fsp3) is 0.333. The highest BCUT2D eigenvalue weighted by Gasteiger charge is 2.14. The molecule has 0 fully saturated rings. The summed E-state index contributed by atoms with van der Waals surface area (Å²) in [5.74, 6) is -0.399. The minimum absolute atomic E-state index is 0.0148. The zero-order valence-corrected chi connectivity index (χ0v) is 8.45. The average Bonchev–Trinajstić information content (AvgIpc) is 2.69. The van der Waals surface area contributed by atoms with Crippen LogP contribution in [-0.2, 0) is 4.79 Å². The van der Waals surface area contributed by atoms with Crippen LogP contribution in [0.3, 0.4) is 0 Å². The summed E-state index contributed by atoms with van der Waals surface area (Å²) < 4.78 is 4.89. The number of furan rings is 1. The maximum absolute atomic E-state index is 11.4. The van der Waals surface area contributed by atoms with Gasteiger partial charge in [-0.25, -0.2) is 0 Å². The van der Waals surface area contributed by atoms with E-state index in [0.717, 1.165) is 0 Å². The standard InChI is InChI=1S/C9H10ClNO3/c1-11(9(13)5-10)6-7(12)8-3-2-4-14-8/h2-4H,5-6H2,1H3. The van der Waals surface area contributed by atoms with E-state index in [1.165, 1.54) is 18.2 Å². The van der Waals surface area contributed by atoms with Crippen molar-refractivity contribution in [1.29, 1.82) is 0 Å². The van der Waals surface area contributed by atoms with Gasteiger partial charge in [0.25, 0.3) is 0 Å². The molecule has 0 saturated carbocycles. The number of halogens is 1. The minimum atomic E-state index is -0.286. The third-order valence-electron chi connectivity index (χ3n) is 1.72. The predicted octanol–water partition coefficient (Wildman–Crippen LogP) is 1.16. The summed E-state index contributed by atoms with van der Waals surface area (Å²) >= 11 is 5.33. The van der Waals surface area contributed by atoms with Crippen LogP contribution in [-0.4, -0.2) is 36.1 Å². The monoisotopic (exact) mass is 215 g/mol. The van der Waals surface area contributed by atoms with Gasteiger partial charge in [-0.1, -0.05) is 0 Å². The number of nitrogens with zero attached hydrogens (tertiary/aromatic N) is 1. The second-order valence-corrected chi connectivity index (χ2v) is 3.05. The summed E-state index contributed by atoms with van der Waals surface area (Å²) in [6.45, 7) is -0.0148. The van der Waals surface area contributed by atoms with Crippen LogP contribution in [0.15, 0.2) is 22.8 Å². The third-order valence-corrected chi connectivity index (χ3v) is 1.95. The number of amides is 1. The fourth-order valence-corrected chi connectivity index (χ4v) is 1.12. The first-order valence-corrected chi connectivity index (χ1v) is 4.55. The Kier molecular flexibility index (Phi) is 3.71. The molecule has 0 aliphatic carbocycles. The summed E-state index contributed by atoms with van der Waals surface area (Å²) in [5, 5.41) is 0. The van der Waals surface area contributed by atoms with E-state index < -0.39 is 0 Å². The summed E-state index contributed by atoms with van der Waals surface area (Å²) in [6.07, 6.45) is 1.41. The quantitative estimate of drug-likeness (QED) is 0.560. The van der Waals surface area contributed by atoms with E-state index in [-0.39, 0.29) is 29.9 Å². The van der Waals surface area contributed by atoms with Crippen molar-refractivity contribution in [2.75, 3.05) is 19.5 Å². The fourth-order valence-electron chi connectivity index (χ4n) is 0.921. The van der Waals surface area contributed by atoms with Crippen LogP contribution in [0.4, 0.5) is 0 Å². The first kappa shape index (κ1) is 10.8. The molecule has 1 rings (SSSR count). The number of likely N-dealkylation sites (N-methyl/N-ethyl adjacent to an activating group) is 1. The van der Waals surface area contributed by atoms with Gasteiger partial charge >= 0.3 is 0 Å². The number of carbonyl (C=O) groups excluding carboxylic acids is 2. The third kappa shape index (κ3) is 2.60. The molecule has 0 aliphatic rings. The van der Waals surface area contributed by atoms with Gasteiger partial charge in [0.15, 0.2) is 5.76 Å². The molecule has 0 unspecified atom stereocenters. The minimum Gasteiger partial charge on any atom is -0.461 e. The van der Waals surface area contributed by atoms with Crippen LogP contribution in [0.25, 0.3) is 0 Å². The first-order chi connectivity index (χ1) is 6.65. The molecule has 1 aromatic heterocycles. The Morgan fingerprint density at radius 2 is 2.29 bits per heavy atom. The van der Waals surface area contributed by atoms with E-state index in [1.54, 1.807) is 12.1 Å². The van der Waals surface area contributed by atoms with Crippen LogP contribution >= 0.6 is 11.6 Å².